The van der Waals surface area contributed by atoms with Gasteiger partial charge in [-0.3, -0.25) is 4.90 Å². The van der Waals surface area contributed by atoms with Gasteiger partial charge in [0.15, 0.2) is 0 Å². The van der Waals surface area contributed by atoms with Gasteiger partial charge in [0, 0.05) is 23.5 Å². The highest BCUT2D eigenvalue weighted by molar-refractivity contribution is 7.80. The molecule has 0 bridgehead atoms. The molecule has 0 saturated heterocycles. The number of hydrogen-bond acceptors (Lipinski definition) is 2. The molecule has 2 nitrogen and oxygen atoms in total. The standard InChI is InChI=1S/C13H19ClN2S/c1-9(7-13(15)17)16(3)10(2)11-5-4-6-12(14)8-11/h4-6,8-10H,7H2,1-3H3,(H2,15,17). The second-order valence-electron chi connectivity index (χ2n) is 4.42. The van der Waals surface area contributed by atoms with Gasteiger partial charge >= 0.3 is 0 Å². The van der Waals surface area contributed by atoms with Crippen molar-refractivity contribution < 1.29 is 0 Å². The summed E-state index contributed by atoms with van der Waals surface area (Å²) in [7, 11) is 2.08. The number of rotatable bonds is 5. The van der Waals surface area contributed by atoms with E-state index < -0.39 is 0 Å². The zero-order valence-electron chi connectivity index (χ0n) is 10.5. The zero-order valence-corrected chi connectivity index (χ0v) is 12.1. The van der Waals surface area contributed by atoms with E-state index in [1.165, 1.54) is 5.56 Å². The predicted octanol–water partition coefficient (Wildman–Crippen LogP) is 3.40. The third-order valence-corrected chi connectivity index (χ3v) is 3.54. The summed E-state index contributed by atoms with van der Waals surface area (Å²) >= 11 is 10.9. The van der Waals surface area contributed by atoms with Gasteiger partial charge in [0.25, 0.3) is 0 Å². The summed E-state index contributed by atoms with van der Waals surface area (Å²) in [5.74, 6) is 0. The minimum absolute atomic E-state index is 0.290. The average Bonchev–Trinajstić information content (AvgIpc) is 2.26. The molecule has 4 heteroatoms. The minimum atomic E-state index is 0.290. The third kappa shape index (κ3) is 4.26. The van der Waals surface area contributed by atoms with Crippen LogP contribution in [0.5, 0.6) is 0 Å². The Balaban J connectivity index is 2.75. The van der Waals surface area contributed by atoms with Crippen LogP contribution in [0.3, 0.4) is 0 Å². The Labute approximate surface area is 114 Å². The molecule has 0 heterocycles. The van der Waals surface area contributed by atoms with Crippen molar-refractivity contribution in [2.24, 2.45) is 5.73 Å². The van der Waals surface area contributed by atoms with Crippen molar-refractivity contribution in [3.05, 3.63) is 34.9 Å². The molecule has 2 atom stereocenters. The van der Waals surface area contributed by atoms with Crippen LogP contribution in [-0.2, 0) is 0 Å². The summed E-state index contributed by atoms with van der Waals surface area (Å²) in [6.45, 7) is 4.28. The Hall–Kier alpha value is -0.640. The molecule has 94 valence electrons. The molecule has 0 aliphatic rings. The smallest absolute Gasteiger partial charge is 0.0742 e. The molecule has 17 heavy (non-hydrogen) atoms. The monoisotopic (exact) mass is 270 g/mol. The number of nitrogens with zero attached hydrogens (tertiary/aromatic N) is 1. The molecule has 2 N–H and O–H groups in total. The molecule has 0 saturated carbocycles. The second-order valence-corrected chi connectivity index (χ2v) is 5.38. The predicted molar refractivity (Wildman–Crippen MR) is 78.5 cm³/mol. The van der Waals surface area contributed by atoms with Crippen molar-refractivity contribution >= 4 is 28.8 Å². The van der Waals surface area contributed by atoms with Gasteiger partial charge in [0.1, 0.15) is 0 Å². The first-order valence-electron chi connectivity index (χ1n) is 5.67. The fourth-order valence-corrected chi connectivity index (χ4v) is 2.26. The van der Waals surface area contributed by atoms with E-state index in [-0.39, 0.29) is 6.04 Å². The Morgan fingerprint density at radius 3 is 2.65 bits per heavy atom. The molecule has 2 unspecified atom stereocenters. The van der Waals surface area contributed by atoms with E-state index in [1.54, 1.807) is 0 Å². The molecule has 0 fully saturated rings. The van der Waals surface area contributed by atoms with Crippen LogP contribution in [0, 0.1) is 0 Å². The van der Waals surface area contributed by atoms with E-state index in [0.717, 1.165) is 11.4 Å². The van der Waals surface area contributed by atoms with Crippen LogP contribution in [0.4, 0.5) is 0 Å². The van der Waals surface area contributed by atoms with E-state index in [2.05, 4.69) is 31.9 Å². The second kappa shape index (κ2) is 6.34. The summed E-state index contributed by atoms with van der Waals surface area (Å²) in [5, 5.41) is 0.768. The number of nitrogens with two attached hydrogens (primary N) is 1. The maximum atomic E-state index is 6.00. The van der Waals surface area contributed by atoms with E-state index in [4.69, 9.17) is 29.6 Å². The lowest BCUT2D eigenvalue weighted by Crippen LogP contribution is -2.34. The number of hydrogen-bond donors (Lipinski definition) is 1. The fourth-order valence-electron chi connectivity index (χ4n) is 1.82. The van der Waals surface area contributed by atoms with Crippen molar-refractivity contribution in [3.8, 4) is 0 Å². The van der Waals surface area contributed by atoms with Gasteiger partial charge in [0.05, 0.1) is 4.99 Å². The van der Waals surface area contributed by atoms with Crippen molar-refractivity contribution in [2.45, 2.75) is 32.4 Å². The summed E-state index contributed by atoms with van der Waals surface area (Å²) in [5.41, 5.74) is 6.78. The first kappa shape index (κ1) is 14.4. The van der Waals surface area contributed by atoms with Crippen molar-refractivity contribution in [1.82, 2.24) is 4.90 Å². The maximum absolute atomic E-state index is 6.00. The molecule has 1 aromatic rings. The van der Waals surface area contributed by atoms with Crippen LogP contribution < -0.4 is 5.73 Å². The van der Waals surface area contributed by atoms with Crippen LogP contribution in [0.1, 0.15) is 31.9 Å². The van der Waals surface area contributed by atoms with Gasteiger partial charge in [-0.05, 0) is 38.6 Å². The summed E-state index contributed by atoms with van der Waals surface area (Å²) < 4.78 is 0. The number of thiocarbonyl (C=S) groups is 1. The highest BCUT2D eigenvalue weighted by atomic mass is 35.5. The van der Waals surface area contributed by atoms with Crippen molar-refractivity contribution in [1.29, 1.82) is 0 Å². The first-order valence-corrected chi connectivity index (χ1v) is 6.46. The van der Waals surface area contributed by atoms with Crippen LogP contribution in [0.25, 0.3) is 0 Å². The first-order chi connectivity index (χ1) is 7.91. The molecule has 0 amide bonds. The molecule has 1 aromatic carbocycles. The Morgan fingerprint density at radius 1 is 1.47 bits per heavy atom. The molecule has 0 radical (unpaired) electrons. The Bertz CT molecular complexity index is 395. The quantitative estimate of drug-likeness (QED) is 0.832. The van der Waals surface area contributed by atoms with Crippen LogP contribution >= 0.6 is 23.8 Å². The highest BCUT2D eigenvalue weighted by Gasteiger charge is 2.17. The Morgan fingerprint density at radius 2 is 2.12 bits per heavy atom. The fraction of sp³-hybridized carbons (Fsp3) is 0.462. The SMILES string of the molecule is CC(CC(N)=S)N(C)C(C)c1cccc(Cl)c1. The minimum Gasteiger partial charge on any atom is -0.393 e. The topological polar surface area (TPSA) is 29.3 Å². The highest BCUT2D eigenvalue weighted by Crippen LogP contribution is 2.24. The van der Waals surface area contributed by atoms with Gasteiger partial charge in [-0.25, -0.2) is 0 Å². The van der Waals surface area contributed by atoms with Gasteiger partial charge in [0.2, 0.25) is 0 Å². The van der Waals surface area contributed by atoms with E-state index in [0.29, 0.717) is 11.0 Å². The molecular formula is C13H19ClN2S. The van der Waals surface area contributed by atoms with Crippen molar-refractivity contribution in [3.63, 3.8) is 0 Å². The van der Waals surface area contributed by atoms with Gasteiger partial charge in [-0.15, -0.1) is 0 Å². The molecule has 1 rings (SSSR count). The lowest BCUT2D eigenvalue weighted by Gasteiger charge is -2.31. The molecule has 0 aliphatic heterocycles. The van der Waals surface area contributed by atoms with Crippen LogP contribution in [-0.4, -0.2) is 23.0 Å². The molecule has 0 aliphatic carbocycles. The normalized spacial score (nSPS) is 14.6. The van der Waals surface area contributed by atoms with Crippen LogP contribution in [0.15, 0.2) is 24.3 Å². The molecule has 0 aromatic heterocycles. The van der Waals surface area contributed by atoms with E-state index >= 15 is 0 Å². The Kier molecular flexibility index (Phi) is 5.37. The van der Waals surface area contributed by atoms with E-state index in [1.807, 2.05) is 18.2 Å². The van der Waals surface area contributed by atoms with Crippen molar-refractivity contribution in [2.75, 3.05) is 7.05 Å². The maximum Gasteiger partial charge on any atom is 0.0742 e. The van der Waals surface area contributed by atoms with Gasteiger partial charge in [-0.1, -0.05) is 36.0 Å². The lowest BCUT2D eigenvalue weighted by atomic mass is 10.0. The summed E-state index contributed by atoms with van der Waals surface area (Å²) in [6.07, 6.45) is 0.733. The average molecular weight is 271 g/mol. The zero-order chi connectivity index (χ0) is 13.0. The summed E-state index contributed by atoms with van der Waals surface area (Å²) in [4.78, 5) is 2.81. The van der Waals surface area contributed by atoms with Gasteiger partial charge < -0.3 is 5.73 Å². The van der Waals surface area contributed by atoms with Gasteiger partial charge in [-0.2, -0.15) is 0 Å². The lowest BCUT2D eigenvalue weighted by molar-refractivity contribution is 0.202. The number of halogens is 1. The third-order valence-electron chi connectivity index (χ3n) is 3.13. The van der Waals surface area contributed by atoms with Crippen LogP contribution in [0.2, 0.25) is 5.02 Å². The van der Waals surface area contributed by atoms with E-state index in [9.17, 15) is 0 Å². The number of benzene rings is 1. The molecule has 0 spiro atoms. The molecular weight excluding hydrogens is 252 g/mol. The largest absolute Gasteiger partial charge is 0.393 e. The summed E-state index contributed by atoms with van der Waals surface area (Å²) in [6, 6.07) is 8.55.